The third-order valence-electron chi connectivity index (χ3n) is 5.04. The topological polar surface area (TPSA) is 99.2 Å². The van der Waals surface area contributed by atoms with E-state index in [1.807, 2.05) is 24.5 Å². The molecule has 8 heteroatoms. The molecule has 2 heterocycles. The van der Waals surface area contributed by atoms with Crippen molar-refractivity contribution in [2.45, 2.75) is 39.2 Å². The monoisotopic (exact) mass is 394 g/mol. The van der Waals surface area contributed by atoms with Crippen molar-refractivity contribution in [3.8, 4) is 11.5 Å². The Morgan fingerprint density at radius 3 is 2.76 bits per heavy atom. The number of esters is 1. The number of carbonyl (C=O) groups excluding carboxylic acids is 2. The van der Waals surface area contributed by atoms with Crippen LogP contribution >= 0.6 is 0 Å². The number of carbonyl (C=O) groups is 2. The molecule has 0 atom stereocenters. The molecule has 1 aliphatic rings. The quantitative estimate of drug-likeness (QED) is 0.643. The minimum Gasteiger partial charge on any atom is -0.465 e. The maximum Gasteiger partial charge on any atom is 0.337 e. The lowest BCUT2D eigenvalue weighted by molar-refractivity contribution is -0.116. The Labute approximate surface area is 167 Å². The number of hydrogen-bond acceptors (Lipinski definition) is 6. The predicted molar refractivity (Wildman–Crippen MR) is 106 cm³/mol. The maximum atomic E-state index is 12.6. The van der Waals surface area contributed by atoms with E-state index in [-0.39, 0.29) is 12.5 Å². The summed E-state index contributed by atoms with van der Waals surface area (Å²) in [5, 5.41) is 11.1. The van der Waals surface area contributed by atoms with E-state index < -0.39 is 5.97 Å². The van der Waals surface area contributed by atoms with E-state index in [0.717, 1.165) is 29.8 Å². The number of rotatable bonds is 6. The summed E-state index contributed by atoms with van der Waals surface area (Å²) in [5.41, 5.74) is 3.55. The zero-order chi connectivity index (χ0) is 20.5. The average molecular weight is 394 g/mol. The lowest BCUT2D eigenvalue weighted by atomic mass is 10.2. The first-order chi connectivity index (χ1) is 14.0. The first kappa shape index (κ1) is 18.9. The van der Waals surface area contributed by atoms with E-state index in [2.05, 4.69) is 15.5 Å². The molecule has 2 aromatic heterocycles. The Morgan fingerprint density at radius 2 is 2.03 bits per heavy atom. The number of methoxy groups -OCH3 is 1. The number of nitrogens with zero attached hydrogens (tertiary/aromatic N) is 3. The van der Waals surface area contributed by atoms with E-state index in [1.165, 1.54) is 7.11 Å². The van der Waals surface area contributed by atoms with Crippen LogP contribution in [0.25, 0.3) is 11.5 Å². The van der Waals surface area contributed by atoms with Crippen LogP contribution in [-0.2, 0) is 16.1 Å². The second-order valence-corrected chi connectivity index (χ2v) is 7.21. The van der Waals surface area contributed by atoms with E-state index >= 15 is 0 Å². The van der Waals surface area contributed by atoms with Gasteiger partial charge in [-0.25, -0.2) is 4.79 Å². The van der Waals surface area contributed by atoms with Crippen molar-refractivity contribution in [2.24, 2.45) is 0 Å². The minimum absolute atomic E-state index is 0.129. The van der Waals surface area contributed by atoms with Gasteiger partial charge >= 0.3 is 5.97 Å². The summed E-state index contributed by atoms with van der Waals surface area (Å²) in [7, 11) is 1.32. The molecule has 1 N–H and O–H groups in total. The normalized spacial score (nSPS) is 13.3. The van der Waals surface area contributed by atoms with Gasteiger partial charge in [0, 0.05) is 23.0 Å². The van der Waals surface area contributed by atoms with E-state index in [1.54, 1.807) is 24.3 Å². The lowest BCUT2D eigenvalue weighted by Crippen LogP contribution is -2.20. The Kier molecular flexibility index (Phi) is 4.92. The summed E-state index contributed by atoms with van der Waals surface area (Å²) < 4.78 is 12.4. The van der Waals surface area contributed by atoms with Gasteiger partial charge in [-0.3, -0.25) is 4.79 Å². The van der Waals surface area contributed by atoms with Gasteiger partial charge in [0.1, 0.15) is 6.54 Å². The van der Waals surface area contributed by atoms with Crippen LogP contribution in [0.1, 0.15) is 46.4 Å². The maximum absolute atomic E-state index is 12.6. The fraction of sp³-hybridized carbons (Fsp3) is 0.333. The Bertz CT molecular complexity index is 1080. The summed E-state index contributed by atoms with van der Waals surface area (Å²) in [4.78, 5) is 24.2. The zero-order valence-corrected chi connectivity index (χ0v) is 16.6. The van der Waals surface area contributed by atoms with Crippen molar-refractivity contribution in [1.82, 2.24) is 14.8 Å². The molecule has 4 rings (SSSR count). The second kappa shape index (κ2) is 7.54. The van der Waals surface area contributed by atoms with Crippen LogP contribution < -0.4 is 5.32 Å². The Balaban J connectivity index is 1.50. The van der Waals surface area contributed by atoms with Gasteiger partial charge in [0.15, 0.2) is 0 Å². The van der Waals surface area contributed by atoms with Gasteiger partial charge in [-0.15, -0.1) is 10.2 Å². The van der Waals surface area contributed by atoms with Crippen LogP contribution in [0, 0.1) is 13.8 Å². The minimum atomic E-state index is -0.451. The molecule has 0 bridgehead atoms. The number of nitrogens with one attached hydrogen (secondary N) is 1. The summed E-state index contributed by atoms with van der Waals surface area (Å²) in [6.07, 6.45) is 2.19. The number of aromatic nitrogens is 3. The lowest BCUT2D eigenvalue weighted by Gasteiger charge is -2.11. The van der Waals surface area contributed by atoms with Gasteiger partial charge < -0.3 is 19.0 Å². The van der Waals surface area contributed by atoms with E-state index in [4.69, 9.17) is 9.15 Å². The molecule has 0 saturated heterocycles. The number of benzene rings is 1. The third-order valence-corrected chi connectivity index (χ3v) is 5.04. The van der Waals surface area contributed by atoms with Crippen LogP contribution in [-0.4, -0.2) is 33.8 Å². The van der Waals surface area contributed by atoms with Crippen molar-refractivity contribution in [1.29, 1.82) is 0 Å². The van der Waals surface area contributed by atoms with Gasteiger partial charge in [0.2, 0.25) is 17.7 Å². The highest BCUT2D eigenvalue weighted by Gasteiger charge is 2.30. The highest BCUT2D eigenvalue weighted by Crippen LogP contribution is 2.40. The van der Waals surface area contributed by atoms with Gasteiger partial charge in [0.05, 0.1) is 18.2 Å². The molecule has 1 saturated carbocycles. The van der Waals surface area contributed by atoms with Crippen molar-refractivity contribution in [3.05, 3.63) is 53.2 Å². The highest BCUT2D eigenvalue weighted by molar-refractivity contribution is 5.94. The van der Waals surface area contributed by atoms with Crippen LogP contribution in [0.4, 0.5) is 5.69 Å². The Morgan fingerprint density at radius 1 is 1.24 bits per heavy atom. The zero-order valence-electron chi connectivity index (χ0n) is 16.6. The summed E-state index contributed by atoms with van der Waals surface area (Å²) >= 11 is 0. The first-order valence-corrected chi connectivity index (χ1v) is 9.45. The van der Waals surface area contributed by atoms with Crippen LogP contribution in [0.2, 0.25) is 0 Å². The average Bonchev–Trinajstić information content (AvgIpc) is 3.39. The van der Waals surface area contributed by atoms with Crippen molar-refractivity contribution in [2.75, 3.05) is 12.4 Å². The summed E-state index contributed by atoms with van der Waals surface area (Å²) in [6.45, 7) is 3.98. The largest absolute Gasteiger partial charge is 0.465 e. The van der Waals surface area contributed by atoms with Gasteiger partial charge in [-0.05, 0) is 51.0 Å². The molecular weight excluding hydrogens is 372 g/mol. The highest BCUT2D eigenvalue weighted by atomic mass is 16.5. The predicted octanol–water partition coefficient (Wildman–Crippen LogP) is 3.46. The second-order valence-electron chi connectivity index (χ2n) is 7.21. The van der Waals surface area contributed by atoms with Crippen LogP contribution in [0.15, 0.2) is 34.7 Å². The molecule has 3 aromatic rings. The first-order valence-electron chi connectivity index (χ1n) is 9.45. The molecule has 1 aromatic carbocycles. The molecule has 0 unspecified atom stereocenters. The number of amides is 1. The van der Waals surface area contributed by atoms with Crippen molar-refractivity contribution < 1.29 is 18.7 Å². The van der Waals surface area contributed by atoms with Crippen LogP contribution in [0.3, 0.4) is 0 Å². The van der Waals surface area contributed by atoms with Gasteiger partial charge in [-0.1, -0.05) is 6.07 Å². The van der Waals surface area contributed by atoms with Gasteiger partial charge in [-0.2, -0.15) is 0 Å². The number of aryl methyl sites for hydroxylation is 1. The summed E-state index contributed by atoms with van der Waals surface area (Å²) in [6, 6.07) is 8.59. The fourth-order valence-corrected chi connectivity index (χ4v) is 3.29. The number of ether oxygens (including phenoxy) is 1. The molecule has 8 nitrogen and oxygen atoms in total. The van der Waals surface area contributed by atoms with Gasteiger partial charge in [0.25, 0.3) is 0 Å². The SMILES string of the molecule is COC(=O)c1cccc(NC(=O)Cn2c(C)cc(-c3nnc(C4CC4)o3)c2C)c1. The third kappa shape index (κ3) is 3.91. The molecule has 1 fully saturated rings. The van der Waals surface area contributed by atoms with E-state index in [9.17, 15) is 9.59 Å². The molecule has 1 aliphatic carbocycles. The number of hydrogen-bond donors (Lipinski definition) is 1. The van der Waals surface area contributed by atoms with Crippen molar-refractivity contribution in [3.63, 3.8) is 0 Å². The van der Waals surface area contributed by atoms with Crippen LogP contribution in [0.5, 0.6) is 0 Å². The molecule has 1 amide bonds. The Hall–Kier alpha value is -3.42. The fourth-order valence-electron chi connectivity index (χ4n) is 3.29. The standard InChI is InChI=1S/C21H22N4O4/c1-12-9-17(20-24-23-19(29-20)14-7-8-14)13(2)25(12)11-18(26)22-16-6-4-5-15(10-16)21(27)28-3/h4-6,9-10,14H,7-8,11H2,1-3H3,(H,22,26). The molecule has 150 valence electrons. The smallest absolute Gasteiger partial charge is 0.337 e. The molecule has 0 aliphatic heterocycles. The number of anilines is 1. The molecule has 29 heavy (non-hydrogen) atoms. The van der Waals surface area contributed by atoms with Crippen molar-refractivity contribution >= 4 is 17.6 Å². The molecule has 0 spiro atoms. The molecular formula is C21H22N4O4. The van der Waals surface area contributed by atoms with E-state index in [0.29, 0.717) is 29.0 Å². The summed E-state index contributed by atoms with van der Waals surface area (Å²) in [5.74, 6) is 0.911. The molecule has 0 radical (unpaired) electrons.